The summed E-state index contributed by atoms with van der Waals surface area (Å²) in [7, 11) is 0. The lowest BCUT2D eigenvalue weighted by atomic mass is 10.3. The van der Waals surface area contributed by atoms with Crippen molar-refractivity contribution in [3.8, 4) is 5.75 Å². The first-order chi connectivity index (χ1) is 9.97. The molecule has 0 fully saturated rings. The minimum Gasteiger partial charge on any atom is -0.481 e. The Morgan fingerprint density at radius 3 is 2.67 bits per heavy atom. The van der Waals surface area contributed by atoms with Crippen molar-refractivity contribution < 1.29 is 13.9 Å². The van der Waals surface area contributed by atoms with Gasteiger partial charge in [-0.05, 0) is 40.2 Å². The van der Waals surface area contributed by atoms with Crippen LogP contribution in [-0.4, -0.2) is 12.5 Å². The lowest BCUT2D eigenvalue weighted by molar-refractivity contribution is -0.118. The normalized spacial score (nSPS) is 10.3. The third kappa shape index (κ3) is 4.33. The molecule has 1 amide bonds. The Hall–Kier alpha value is -1.30. The largest absolute Gasteiger partial charge is 0.481 e. The second-order valence-corrected chi connectivity index (χ2v) is 5.71. The van der Waals surface area contributed by atoms with Gasteiger partial charge in [-0.15, -0.1) is 0 Å². The van der Waals surface area contributed by atoms with Crippen molar-refractivity contribution in [3.05, 3.63) is 56.7 Å². The molecular formula is C14H9BrCl2FNO2. The molecule has 0 aliphatic carbocycles. The SMILES string of the molecule is O=C(COc1c(Cl)cc(Cl)cc1Br)Nc1ccccc1F. The summed E-state index contributed by atoms with van der Waals surface area (Å²) in [6.45, 7) is -0.311. The van der Waals surface area contributed by atoms with E-state index >= 15 is 0 Å². The minimum atomic E-state index is -0.517. The van der Waals surface area contributed by atoms with Gasteiger partial charge in [0.05, 0.1) is 15.2 Å². The van der Waals surface area contributed by atoms with Gasteiger partial charge >= 0.3 is 0 Å². The molecule has 0 aliphatic heterocycles. The van der Waals surface area contributed by atoms with E-state index in [2.05, 4.69) is 21.2 Å². The number of amides is 1. The van der Waals surface area contributed by atoms with E-state index in [9.17, 15) is 9.18 Å². The van der Waals surface area contributed by atoms with E-state index in [0.29, 0.717) is 15.2 Å². The zero-order valence-corrected chi connectivity index (χ0v) is 13.6. The molecule has 0 atom stereocenters. The predicted octanol–water partition coefficient (Wildman–Crippen LogP) is 4.91. The second-order valence-electron chi connectivity index (χ2n) is 4.02. The van der Waals surface area contributed by atoms with Crippen molar-refractivity contribution in [3.63, 3.8) is 0 Å². The van der Waals surface area contributed by atoms with Gasteiger partial charge in [-0.3, -0.25) is 4.79 Å². The van der Waals surface area contributed by atoms with Gasteiger partial charge in [0.15, 0.2) is 12.4 Å². The van der Waals surface area contributed by atoms with Crippen molar-refractivity contribution in [2.75, 3.05) is 11.9 Å². The van der Waals surface area contributed by atoms with Crippen LogP contribution in [0, 0.1) is 5.82 Å². The van der Waals surface area contributed by atoms with Crippen LogP contribution in [0.2, 0.25) is 10.0 Å². The van der Waals surface area contributed by atoms with E-state index in [1.807, 2.05) is 0 Å². The molecule has 0 saturated heterocycles. The Morgan fingerprint density at radius 2 is 2.00 bits per heavy atom. The molecule has 21 heavy (non-hydrogen) atoms. The molecule has 0 heterocycles. The Morgan fingerprint density at radius 1 is 1.29 bits per heavy atom. The average Bonchev–Trinajstić information content (AvgIpc) is 2.40. The van der Waals surface area contributed by atoms with Crippen LogP contribution in [-0.2, 0) is 4.79 Å². The Balaban J connectivity index is 2.01. The molecule has 0 aliphatic rings. The summed E-state index contributed by atoms with van der Waals surface area (Å²) < 4.78 is 19.2. The number of nitrogens with one attached hydrogen (secondary N) is 1. The van der Waals surface area contributed by atoms with E-state index in [1.165, 1.54) is 24.3 Å². The van der Waals surface area contributed by atoms with Crippen molar-refractivity contribution in [1.29, 1.82) is 0 Å². The second kappa shape index (κ2) is 7.11. The standard InChI is InChI=1S/C14H9BrCl2FNO2/c15-9-5-8(16)6-10(17)14(9)21-7-13(20)19-12-4-2-1-3-11(12)18/h1-6H,7H2,(H,19,20). The summed E-state index contributed by atoms with van der Waals surface area (Å²) >= 11 is 15.0. The van der Waals surface area contributed by atoms with Crippen LogP contribution in [0.15, 0.2) is 40.9 Å². The number of hydrogen-bond donors (Lipinski definition) is 1. The number of ether oxygens (including phenoxy) is 1. The Kier molecular flexibility index (Phi) is 5.45. The fraction of sp³-hybridized carbons (Fsp3) is 0.0714. The van der Waals surface area contributed by atoms with Gasteiger partial charge in [0, 0.05) is 5.02 Å². The zero-order chi connectivity index (χ0) is 15.4. The molecule has 0 aromatic heterocycles. The third-order valence-corrected chi connectivity index (χ3v) is 3.55. The van der Waals surface area contributed by atoms with Crippen molar-refractivity contribution >= 4 is 50.7 Å². The maximum atomic E-state index is 13.4. The van der Waals surface area contributed by atoms with Gasteiger partial charge in [0.1, 0.15) is 5.82 Å². The summed E-state index contributed by atoms with van der Waals surface area (Å²) in [4.78, 5) is 11.7. The summed E-state index contributed by atoms with van der Waals surface area (Å²) in [5, 5.41) is 3.12. The smallest absolute Gasteiger partial charge is 0.262 e. The first-order valence-corrected chi connectivity index (χ1v) is 7.34. The van der Waals surface area contributed by atoms with Crippen LogP contribution in [0.5, 0.6) is 5.75 Å². The first kappa shape index (κ1) is 16.1. The van der Waals surface area contributed by atoms with Crippen molar-refractivity contribution in [1.82, 2.24) is 0 Å². The van der Waals surface area contributed by atoms with Gasteiger partial charge < -0.3 is 10.1 Å². The number of rotatable bonds is 4. The van der Waals surface area contributed by atoms with Gasteiger partial charge in [0.2, 0.25) is 0 Å². The van der Waals surface area contributed by atoms with Gasteiger partial charge in [-0.1, -0.05) is 35.3 Å². The van der Waals surface area contributed by atoms with Gasteiger partial charge in [-0.2, -0.15) is 0 Å². The quantitative estimate of drug-likeness (QED) is 0.802. The monoisotopic (exact) mass is 391 g/mol. The predicted molar refractivity (Wildman–Crippen MR) is 84.7 cm³/mol. The van der Waals surface area contributed by atoms with Gasteiger partial charge in [0.25, 0.3) is 5.91 Å². The highest BCUT2D eigenvalue weighted by Crippen LogP contribution is 2.35. The lowest BCUT2D eigenvalue weighted by Crippen LogP contribution is -2.21. The van der Waals surface area contributed by atoms with E-state index in [1.54, 1.807) is 12.1 Å². The molecule has 0 spiro atoms. The lowest BCUT2D eigenvalue weighted by Gasteiger charge is -2.11. The topological polar surface area (TPSA) is 38.3 Å². The highest BCUT2D eigenvalue weighted by Gasteiger charge is 2.12. The molecule has 3 nitrogen and oxygen atoms in total. The number of carbonyl (C=O) groups is 1. The zero-order valence-electron chi connectivity index (χ0n) is 10.5. The molecule has 0 radical (unpaired) electrons. The summed E-state index contributed by atoms with van der Waals surface area (Å²) in [5.41, 5.74) is 0.0902. The van der Waals surface area contributed by atoms with Crippen LogP contribution in [0.25, 0.3) is 0 Å². The Labute approximate surface area is 139 Å². The van der Waals surface area contributed by atoms with Crippen LogP contribution in [0.3, 0.4) is 0 Å². The van der Waals surface area contributed by atoms with Crippen molar-refractivity contribution in [2.45, 2.75) is 0 Å². The molecule has 0 saturated carbocycles. The molecule has 0 unspecified atom stereocenters. The van der Waals surface area contributed by atoms with Crippen LogP contribution in [0.1, 0.15) is 0 Å². The maximum absolute atomic E-state index is 13.4. The van der Waals surface area contributed by atoms with Crippen LogP contribution < -0.4 is 10.1 Å². The summed E-state index contributed by atoms with van der Waals surface area (Å²) in [6, 6.07) is 8.95. The number of para-hydroxylation sites is 1. The molecule has 1 N–H and O–H groups in total. The fourth-order valence-electron chi connectivity index (χ4n) is 1.55. The highest BCUT2D eigenvalue weighted by atomic mass is 79.9. The molecule has 2 aromatic rings. The van der Waals surface area contributed by atoms with E-state index in [0.717, 1.165) is 0 Å². The van der Waals surface area contributed by atoms with Crippen molar-refractivity contribution in [2.24, 2.45) is 0 Å². The Bertz CT molecular complexity index is 659. The highest BCUT2D eigenvalue weighted by molar-refractivity contribution is 9.10. The fourth-order valence-corrected chi connectivity index (χ4v) is 2.92. The summed E-state index contributed by atoms with van der Waals surface area (Å²) in [6.07, 6.45) is 0. The molecular weight excluding hydrogens is 384 g/mol. The number of hydrogen-bond acceptors (Lipinski definition) is 2. The summed E-state index contributed by atoms with van der Waals surface area (Å²) in [5.74, 6) is -0.723. The molecule has 110 valence electrons. The number of carbonyl (C=O) groups excluding carboxylic acids is 1. The van der Waals surface area contributed by atoms with Crippen LogP contribution >= 0.6 is 39.1 Å². The molecule has 7 heteroatoms. The number of benzene rings is 2. The number of halogens is 4. The number of anilines is 1. The van der Waals surface area contributed by atoms with Crippen LogP contribution in [0.4, 0.5) is 10.1 Å². The average molecular weight is 393 g/mol. The van der Waals surface area contributed by atoms with E-state index < -0.39 is 11.7 Å². The molecule has 0 bridgehead atoms. The molecule has 2 aromatic carbocycles. The maximum Gasteiger partial charge on any atom is 0.262 e. The molecule has 2 rings (SSSR count). The third-order valence-electron chi connectivity index (χ3n) is 2.46. The first-order valence-electron chi connectivity index (χ1n) is 5.79. The minimum absolute atomic E-state index is 0.0902. The van der Waals surface area contributed by atoms with Gasteiger partial charge in [-0.25, -0.2) is 4.39 Å². The van der Waals surface area contributed by atoms with E-state index in [-0.39, 0.29) is 17.3 Å². The van der Waals surface area contributed by atoms with E-state index in [4.69, 9.17) is 27.9 Å².